The van der Waals surface area contributed by atoms with E-state index in [1.807, 2.05) is 13.0 Å². The molecule has 4 saturated carbocycles. The maximum Gasteiger partial charge on any atom is 0.302 e. The van der Waals surface area contributed by atoms with Crippen LogP contribution < -0.4 is 0 Å². The first-order chi connectivity index (χ1) is 17.4. The van der Waals surface area contributed by atoms with Gasteiger partial charge in [-0.25, -0.2) is 0 Å². The summed E-state index contributed by atoms with van der Waals surface area (Å²) in [4.78, 5) is 26.4. The monoisotopic (exact) mass is 516 g/mol. The average molecular weight is 517 g/mol. The Morgan fingerprint density at radius 1 is 1.11 bits per heavy atom. The number of carbonyl (C=O) groups excluding carboxylic acids is 2. The van der Waals surface area contributed by atoms with Crippen LogP contribution in [0.5, 0.6) is 0 Å². The van der Waals surface area contributed by atoms with E-state index in [-0.39, 0.29) is 43.7 Å². The van der Waals surface area contributed by atoms with Gasteiger partial charge in [-0.3, -0.25) is 9.59 Å². The average Bonchev–Trinajstić information content (AvgIpc) is 3.19. The van der Waals surface area contributed by atoms with Crippen molar-refractivity contribution >= 4 is 11.8 Å². The van der Waals surface area contributed by atoms with Crippen molar-refractivity contribution in [2.24, 2.45) is 33.5 Å². The summed E-state index contributed by atoms with van der Waals surface area (Å²) in [5.74, 6) is -1.73. The first kappa shape index (κ1) is 24.3. The number of aliphatic hydroxyl groups is 3. The topological polar surface area (TPSA) is 139 Å². The third-order valence-electron chi connectivity index (χ3n) is 12.2. The smallest absolute Gasteiger partial charge is 0.302 e. The zero-order valence-electron chi connectivity index (χ0n) is 21.7. The van der Waals surface area contributed by atoms with Crippen molar-refractivity contribution in [2.45, 2.75) is 95.6 Å². The summed E-state index contributed by atoms with van der Waals surface area (Å²) in [6.07, 6.45) is 0.556. The maximum absolute atomic E-state index is 14.4. The van der Waals surface area contributed by atoms with E-state index < -0.39 is 69.7 Å². The number of epoxide rings is 1. The Labute approximate surface area is 215 Å². The standard InChI is InChI=1S/C28H36O9/c1-13(29)36-20-9-19(32)27-12-35-23(33)25(20,3)17(27)8-18(31)26(4)22(27)16(30)10-24(2)15(14-5-6-34-11-14)7-21-28(24,26)37-21/h5-6,11,15,17-23,31-33H,7-10,12H2,1-4H3/t15-,17-,18+,19-,20+,21+,22-,23?,24-,25?,26+,27+,28+/m0/s1. The van der Waals surface area contributed by atoms with Crippen molar-refractivity contribution in [2.75, 3.05) is 6.61 Å². The number of esters is 1. The van der Waals surface area contributed by atoms with Gasteiger partial charge in [0.1, 0.15) is 17.5 Å². The summed E-state index contributed by atoms with van der Waals surface area (Å²) in [7, 11) is 0. The first-order valence-electron chi connectivity index (χ1n) is 13.4. The molecule has 0 radical (unpaired) electrons. The molecule has 0 amide bonds. The van der Waals surface area contributed by atoms with Gasteiger partial charge in [0.25, 0.3) is 0 Å². The fraction of sp³-hybridized carbons (Fsp3) is 0.786. The molecule has 2 bridgehead atoms. The second-order valence-electron chi connectivity index (χ2n) is 13.3. The van der Waals surface area contributed by atoms with E-state index in [1.54, 1.807) is 19.5 Å². The Hall–Kier alpha value is -1.78. The SMILES string of the molecule is CC(=O)O[C@@H]1C[C@H](O)[C@@]23COC(O)C1(C)[C@@H]2C[C@@H](O)[C@]1(C)[C@@H]3C(=O)C[C@@]2(C)[C@H](c3ccoc3)C[C@H]3O[C@@]312. The number of carbonyl (C=O) groups is 2. The third-order valence-corrected chi connectivity index (χ3v) is 12.2. The number of hydrogen-bond donors (Lipinski definition) is 3. The van der Waals surface area contributed by atoms with Crippen LogP contribution in [0, 0.1) is 33.5 Å². The zero-order chi connectivity index (χ0) is 26.3. The summed E-state index contributed by atoms with van der Waals surface area (Å²) < 4.78 is 23.5. The van der Waals surface area contributed by atoms with Gasteiger partial charge in [-0.05, 0) is 36.3 Å². The molecule has 13 atom stereocenters. The molecule has 3 heterocycles. The highest BCUT2D eigenvalue weighted by Crippen LogP contribution is 2.82. The molecule has 3 N–H and O–H groups in total. The van der Waals surface area contributed by atoms with Gasteiger partial charge in [0.15, 0.2) is 6.29 Å². The van der Waals surface area contributed by atoms with Crippen LogP contribution in [0.2, 0.25) is 0 Å². The Balaban J connectivity index is 1.38. The summed E-state index contributed by atoms with van der Waals surface area (Å²) in [5.41, 5.74) is -3.37. The Bertz CT molecular complexity index is 1170. The molecule has 7 rings (SSSR count). The molecular weight excluding hydrogens is 480 g/mol. The normalized spacial score (nSPS) is 57.5. The molecule has 9 nitrogen and oxygen atoms in total. The van der Waals surface area contributed by atoms with Gasteiger partial charge in [0, 0.05) is 41.9 Å². The lowest BCUT2D eigenvalue weighted by atomic mass is 9.33. The molecule has 6 fully saturated rings. The molecule has 9 heteroatoms. The molecule has 0 aromatic carbocycles. The van der Waals surface area contributed by atoms with Crippen molar-refractivity contribution < 1.29 is 43.5 Å². The number of rotatable bonds is 2. The van der Waals surface area contributed by atoms with Crippen molar-refractivity contribution in [3.8, 4) is 0 Å². The molecule has 6 aliphatic rings. The fourth-order valence-corrected chi connectivity index (χ4v) is 10.7. The van der Waals surface area contributed by atoms with Crippen LogP contribution in [-0.2, 0) is 23.8 Å². The second-order valence-corrected chi connectivity index (χ2v) is 13.3. The fourth-order valence-electron chi connectivity index (χ4n) is 10.7. The Morgan fingerprint density at radius 3 is 2.54 bits per heavy atom. The molecule has 2 unspecified atom stereocenters. The molecule has 2 saturated heterocycles. The quantitative estimate of drug-likeness (QED) is 0.397. The van der Waals surface area contributed by atoms with E-state index in [4.69, 9.17) is 18.6 Å². The van der Waals surface area contributed by atoms with Crippen LogP contribution in [0.4, 0.5) is 0 Å². The third kappa shape index (κ3) is 2.42. The summed E-state index contributed by atoms with van der Waals surface area (Å²) in [6, 6.07) is 1.95. The summed E-state index contributed by atoms with van der Waals surface area (Å²) >= 11 is 0. The van der Waals surface area contributed by atoms with Crippen LogP contribution in [0.25, 0.3) is 0 Å². The van der Waals surface area contributed by atoms with Crippen molar-refractivity contribution in [1.82, 2.24) is 0 Å². The summed E-state index contributed by atoms with van der Waals surface area (Å²) in [6.45, 7) is 7.15. The van der Waals surface area contributed by atoms with E-state index in [0.29, 0.717) is 0 Å². The van der Waals surface area contributed by atoms with Gasteiger partial charge in [-0.2, -0.15) is 0 Å². The van der Waals surface area contributed by atoms with Gasteiger partial charge < -0.3 is 33.9 Å². The van der Waals surface area contributed by atoms with Gasteiger partial charge >= 0.3 is 5.97 Å². The molecule has 1 aromatic rings. The Kier molecular flexibility index (Phi) is 4.62. The summed E-state index contributed by atoms with van der Waals surface area (Å²) in [5, 5.41) is 34.9. The Morgan fingerprint density at radius 2 is 1.86 bits per heavy atom. The highest BCUT2D eigenvalue weighted by Gasteiger charge is 2.90. The minimum absolute atomic E-state index is 0.0102. The number of Topliss-reactive ketones (excluding diaryl/α,β-unsaturated/α-hetero) is 1. The highest BCUT2D eigenvalue weighted by atomic mass is 16.6. The van der Waals surface area contributed by atoms with E-state index >= 15 is 0 Å². The number of furan rings is 1. The first-order valence-corrected chi connectivity index (χ1v) is 13.4. The largest absolute Gasteiger partial charge is 0.472 e. The molecule has 2 aliphatic heterocycles. The lowest BCUT2D eigenvalue weighted by Crippen LogP contribution is -2.80. The minimum Gasteiger partial charge on any atom is -0.472 e. The van der Waals surface area contributed by atoms with Gasteiger partial charge in [0.2, 0.25) is 0 Å². The minimum atomic E-state index is -1.26. The zero-order valence-corrected chi connectivity index (χ0v) is 21.7. The molecular formula is C28H36O9. The number of ketones is 1. The van der Waals surface area contributed by atoms with Crippen LogP contribution in [0.1, 0.15) is 64.9 Å². The number of fused-ring (bicyclic) bond motifs is 1. The predicted molar refractivity (Wildman–Crippen MR) is 126 cm³/mol. The van der Waals surface area contributed by atoms with Crippen LogP contribution in [0.15, 0.2) is 23.0 Å². The van der Waals surface area contributed by atoms with E-state index in [9.17, 15) is 24.9 Å². The van der Waals surface area contributed by atoms with Crippen LogP contribution in [0.3, 0.4) is 0 Å². The van der Waals surface area contributed by atoms with Gasteiger partial charge in [-0.1, -0.05) is 20.8 Å². The maximum atomic E-state index is 14.4. The van der Waals surface area contributed by atoms with Crippen LogP contribution >= 0.6 is 0 Å². The second kappa shape index (κ2) is 7.04. The number of aliphatic hydroxyl groups excluding tert-OH is 3. The highest BCUT2D eigenvalue weighted by molar-refractivity contribution is 5.87. The lowest BCUT2D eigenvalue weighted by Gasteiger charge is -2.72. The molecule has 1 spiro atoms. The van der Waals surface area contributed by atoms with E-state index in [1.165, 1.54) is 6.92 Å². The van der Waals surface area contributed by atoms with Crippen molar-refractivity contribution in [1.29, 1.82) is 0 Å². The van der Waals surface area contributed by atoms with Gasteiger partial charge in [-0.15, -0.1) is 0 Å². The van der Waals surface area contributed by atoms with E-state index in [0.717, 1.165) is 12.0 Å². The molecule has 4 aliphatic carbocycles. The number of ether oxygens (including phenoxy) is 3. The van der Waals surface area contributed by atoms with E-state index in [2.05, 4.69) is 6.92 Å². The number of hydrogen-bond acceptors (Lipinski definition) is 9. The molecule has 202 valence electrons. The van der Waals surface area contributed by atoms with Crippen molar-refractivity contribution in [3.63, 3.8) is 0 Å². The van der Waals surface area contributed by atoms with Crippen LogP contribution in [-0.4, -0.2) is 70.0 Å². The molecule has 37 heavy (non-hydrogen) atoms. The lowest BCUT2D eigenvalue weighted by molar-refractivity contribution is -0.371. The van der Waals surface area contributed by atoms with Gasteiger partial charge in [0.05, 0.1) is 42.9 Å². The predicted octanol–water partition coefficient (Wildman–Crippen LogP) is 1.92. The molecule has 1 aromatic heterocycles. The van der Waals surface area contributed by atoms with Crippen molar-refractivity contribution in [3.05, 3.63) is 24.2 Å².